The van der Waals surface area contributed by atoms with Crippen molar-refractivity contribution in [1.82, 2.24) is 4.72 Å². The van der Waals surface area contributed by atoms with E-state index >= 15 is 0 Å². The zero-order chi connectivity index (χ0) is 18.3. The molecule has 0 aliphatic carbocycles. The molecular formula is C18H20N2O4S. The lowest BCUT2D eigenvalue weighted by Gasteiger charge is -2.07. The molecule has 0 spiro atoms. The largest absolute Gasteiger partial charge is 0.506 e. The van der Waals surface area contributed by atoms with Crippen molar-refractivity contribution in [3.63, 3.8) is 0 Å². The quantitative estimate of drug-likeness (QED) is 0.662. The van der Waals surface area contributed by atoms with Gasteiger partial charge in [-0.25, -0.2) is 13.1 Å². The van der Waals surface area contributed by atoms with Crippen molar-refractivity contribution in [2.75, 3.05) is 11.9 Å². The zero-order valence-electron chi connectivity index (χ0n) is 13.8. The molecule has 0 heterocycles. The highest BCUT2D eigenvalue weighted by Crippen LogP contribution is 2.21. The summed E-state index contributed by atoms with van der Waals surface area (Å²) in [5, 5.41) is 13.2. The zero-order valence-corrected chi connectivity index (χ0v) is 14.6. The van der Waals surface area contributed by atoms with E-state index in [0.29, 0.717) is 0 Å². The summed E-state index contributed by atoms with van der Waals surface area (Å²) in [6, 6.07) is 13.7. The van der Waals surface area contributed by atoms with E-state index in [1.807, 2.05) is 31.2 Å². The Hall–Kier alpha value is -2.64. The lowest BCUT2D eigenvalue weighted by atomic mass is 10.2. The molecule has 6 nitrogen and oxygen atoms in total. The standard InChI is InChI=1S/C18H20N2O4S/c1-14-6-8-15(9-7-14)11-13-25(23,24)19-12-10-18(22)20-16-4-2-3-5-17(16)21/h2-9,11,13,19,21H,10,12H2,1H3,(H,20,22)/b13-11+. The van der Waals surface area contributed by atoms with Crippen LogP contribution in [0.2, 0.25) is 0 Å². The molecule has 2 rings (SSSR count). The fraction of sp³-hybridized carbons (Fsp3) is 0.167. The topological polar surface area (TPSA) is 95.5 Å². The smallest absolute Gasteiger partial charge is 0.233 e. The van der Waals surface area contributed by atoms with Gasteiger partial charge in [-0.3, -0.25) is 4.79 Å². The van der Waals surface area contributed by atoms with Crippen molar-refractivity contribution in [1.29, 1.82) is 0 Å². The Labute approximate surface area is 147 Å². The number of aromatic hydroxyl groups is 1. The summed E-state index contributed by atoms with van der Waals surface area (Å²) in [6.45, 7) is 1.91. The van der Waals surface area contributed by atoms with Gasteiger partial charge in [0, 0.05) is 18.4 Å². The molecule has 0 aromatic heterocycles. The Balaban J connectivity index is 1.82. The van der Waals surface area contributed by atoms with E-state index in [2.05, 4.69) is 10.0 Å². The number of rotatable bonds is 7. The van der Waals surface area contributed by atoms with Gasteiger partial charge in [0.05, 0.1) is 5.69 Å². The Morgan fingerprint density at radius 2 is 1.80 bits per heavy atom. The minimum absolute atomic E-state index is 0.0417. The van der Waals surface area contributed by atoms with Gasteiger partial charge in [-0.05, 0) is 30.7 Å². The number of sulfonamides is 1. The summed E-state index contributed by atoms with van der Waals surface area (Å²) in [5.41, 5.74) is 2.15. The molecule has 0 aliphatic heterocycles. The number of hydrogen-bond acceptors (Lipinski definition) is 4. The lowest BCUT2D eigenvalue weighted by Crippen LogP contribution is -2.26. The van der Waals surface area contributed by atoms with Crippen LogP contribution in [0.4, 0.5) is 5.69 Å². The van der Waals surface area contributed by atoms with Crippen molar-refractivity contribution in [3.05, 3.63) is 65.1 Å². The number of nitrogens with one attached hydrogen (secondary N) is 2. The van der Waals surface area contributed by atoms with Crippen LogP contribution in [0.1, 0.15) is 17.5 Å². The van der Waals surface area contributed by atoms with Crippen LogP contribution in [0, 0.1) is 6.92 Å². The monoisotopic (exact) mass is 360 g/mol. The number of hydrogen-bond donors (Lipinski definition) is 3. The van der Waals surface area contributed by atoms with E-state index in [1.54, 1.807) is 18.2 Å². The van der Waals surface area contributed by atoms with Crippen LogP contribution in [0.3, 0.4) is 0 Å². The second-order valence-electron chi connectivity index (χ2n) is 5.47. The number of carbonyl (C=O) groups excluding carboxylic acids is 1. The van der Waals surface area contributed by atoms with Gasteiger partial charge in [0.25, 0.3) is 0 Å². The maximum atomic E-state index is 11.9. The molecular weight excluding hydrogens is 340 g/mol. The van der Waals surface area contributed by atoms with Gasteiger partial charge < -0.3 is 10.4 Å². The highest BCUT2D eigenvalue weighted by atomic mass is 32.2. The van der Waals surface area contributed by atoms with Crippen LogP contribution in [0.15, 0.2) is 53.9 Å². The molecule has 0 atom stereocenters. The van der Waals surface area contributed by atoms with E-state index < -0.39 is 15.9 Å². The first kappa shape index (κ1) is 18.7. The summed E-state index contributed by atoms with van der Waals surface area (Å²) in [7, 11) is -3.63. The predicted molar refractivity (Wildman–Crippen MR) is 98.5 cm³/mol. The molecule has 2 aromatic rings. The molecule has 0 fully saturated rings. The van der Waals surface area contributed by atoms with E-state index in [1.165, 1.54) is 12.1 Å². The first-order chi connectivity index (χ1) is 11.9. The SMILES string of the molecule is Cc1ccc(/C=C/S(=O)(=O)NCCC(=O)Nc2ccccc2O)cc1. The minimum Gasteiger partial charge on any atom is -0.506 e. The highest BCUT2D eigenvalue weighted by molar-refractivity contribution is 7.92. The van der Waals surface area contributed by atoms with Gasteiger partial charge in [-0.2, -0.15) is 0 Å². The molecule has 2 aromatic carbocycles. The van der Waals surface area contributed by atoms with E-state index in [4.69, 9.17) is 0 Å². The Kier molecular flexibility index (Phi) is 6.32. The second-order valence-corrected chi connectivity index (χ2v) is 7.12. The summed E-state index contributed by atoms with van der Waals surface area (Å²) >= 11 is 0. The molecule has 3 N–H and O–H groups in total. The Bertz CT molecular complexity index is 859. The minimum atomic E-state index is -3.63. The number of phenolic OH excluding ortho intramolecular Hbond substituents is 1. The molecule has 7 heteroatoms. The molecule has 0 aliphatic rings. The van der Waals surface area contributed by atoms with Crippen LogP contribution in [-0.4, -0.2) is 26.0 Å². The number of phenols is 1. The summed E-state index contributed by atoms with van der Waals surface area (Å²) in [5.74, 6) is -0.441. The van der Waals surface area contributed by atoms with Gasteiger partial charge in [0.15, 0.2) is 0 Å². The van der Waals surface area contributed by atoms with Gasteiger partial charge in [0.2, 0.25) is 15.9 Å². The molecule has 0 unspecified atom stereocenters. The molecule has 0 radical (unpaired) electrons. The molecule has 25 heavy (non-hydrogen) atoms. The third-order valence-electron chi connectivity index (χ3n) is 3.35. The first-order valence-corrected chi connectivity index (χ1v) is 9.23. The van der Waals surface area contributed by atoms with Crippen LogP contribution in [-0.2, 0) is 14.8 Å². The van der Waals surface area contributed by atoms with Crippen LogP contribution in [0.5, 0.6) is 5.75 Å². The van der Waals surface area contributed by atoms with Gasteiger partial charge in [0.1, 0.15) is 5.75 Å². The van der Waals surface area contributed by atoms with Crippen molar-refractivity contribution in [2.45, 2.75) is 13.3 Å². The fourth-order valence-electron chi connectivity index (χ4n) is 1.99. The van der Waals surface area contributed by atoms with Crippen molar-refractivity contribution in [2.24, 2.45) is 0 Å². The van der Waals surface area contributed by atoms with Gasteiger partial charge >= 0.3 is 0 Å². The molecule has 0 saturated carbocycles. The van der Waals surface area contributed by atoms with Crippen LogP contribution < -0.4 is 10.0 Å². The third-order valence-corrected chi connectivity index (χ3v) is 4.45. The maximum absolute atomic E-state index is 11.9. The summed E-state index contributed by atoms with van der Waals surface area (Å²) in [4.78, 5) is 11.8. The van der Waals surface area contributed by atoms with Crippen LogP contribution >= 0.6 is 0 Å². The number of anilines is 1. The molecule has 0 bridgehead atoms. The number of para-hydroxylation sites is 2. The third kappa shape index (κ3) is 6.40. The Morgan fingerprint density at radius 1 is 1.12 bits per heavy atom. The number of benzene rings is 2. The fourth-order valence-corrected chi connectivity index (χ4v) is 2.81. The Morgan fingerprint density at radius 3 is 2.48 bits per heavy atom. The second kappa shape index (κ2) is 8.46. The predicted octanol–water partition coefficient (Wildman–Crippen LogP) is 2.62. The summed E-state index contributed by atoms with van der Waals surface area (Å²) < 4.78 is 26.1. The van der Waals surface area contributed by atoms with Gasteiger partial charge in [-0.1, -0.05) is 42.0 Å². The molecule has 132 valence electrons. The molecule has 0 saturated heterocycles. The molecule has 1 amide bonds. The number of aryl methyl sites for hydroxylation is 1. The first-order valence-electron chi connectivity index (χ1n) is 7.68. The van der Waals surface area contributed by atoms with E-state index in [0.717, 1.165) is 16.5 Å². The van der Waals surface area contributed by atoms with Crippen molar-refractivity contribution < 1.29 is 18.3 Å². The maximum Gasteiger partial charge on any atom is 0.233 e. The highest BCUT2D eigenvalue weighted by Gasteiger charge is 2.09. The van der Waals surface area contributed by atoms with Crippen molar-refractivity contribution >= 4 is 27.7 Å². The lowest BCUT2D eigenvalue weighted by molar-refractivity contribution is -0.116. The average Bonchev–Trinajstić information content (AvgIpc) is 2.56. The van der Waals surface area contributed by atoms with Crippen LogP contribution in [0.25, 0.3) is 6.08 Å². The number of amides is 1. The number of carbonyl (C=O) groups is 1. The van der Waals surface area contributed by atoms with E-state index in [9.17, 15) is 18.3 Å². The van der Waals surface area contributed by atoms with Gasteiger partial charge in [-0.15, -0.1) is 0 Å². The summed E-state index contributed by atoms with van der Waals surface area (Å²) in [6.07, 6.45) is 1.44. The van der Waals surface area contributed by atoms with Crippen molar-refractivity contribution in [3.8, 4) is 5.75 Å². The van der Waals surface area contributed by atoms with E-state index in [-0.39, 0.29) is 24.4 Å². The average molecular weight is 360 g/mol. The normalized spacial score (nSPS) is 11.6.